The van der Waals surface area contributed by atoms with Gasteiger partial charge in [-0.25, -0.2) is 13.1 Å². The third-order valence-electron chi connectivity index (χ3n) is 4.23. The van der Waals surface area contributed by atoms with E-state index in [2.05, 4.69) is 14.7 Å². The predicted octanol–water partition coefficient (Wildman–Crippen LogP) is 1.49. The van der Waals surface area contributed by atoms with Crippen LogP contribution >= 0.6 is 0 Å². The molecule has 3 rings (SSSR count). The van der Waals surface area contributed by atoms with Crippen molar-refractivity contribution >= 4 is 21.6 Å². The fraction of sp³-hybridized carbons (Fsp3) is 0.353. The second-order valence-electron chi connectivity index (χ2n) is 5.92. The summed E-state index contributed by atoms with van der Waals surface area (Å²) in [6, 6.07) is 5.61. The van der Waals surface area contributed by atoms with E-state index in [0.717, 1.165) is 28.2 Å². The van der Waals surface area contributed by atoms with Crippen molar-refractivity contribution in [2.24, 2.45) is 0 Å². The third-order valence-corrected chi connectivity index (χ3v) is 5.57. The van der Waals surface area contributed by atoms with E-state index < -0.39 is 10.0 Å². The van der Waals surface area contributed by atoms with E-state index in [1.165, 1.54) is 0 Å². The molecule has 0 bridgehead atoms. The van der Waals surface area contributed by atoms with Gasteiger partial charge in [0.25, 0.3) is 0 Å². The number of anilines is 1. The summed E-state index contributed by atoms with van der Waals surface area (Å²) in [5, 5.41) is 0. The highest BCUT2D eigenvalue weighted by molar-refractivity contribution is 7.89. The molecule has 0 aliphatic carbocycles. The normalized spacial score (nSPS) is 14.5. The molecular weight excluding hydrogens is 340 g/mol. The Morgan fingerprint density at radius 2 is 2.04 bits per heavy atom. The van der Waals surface area contributed by atoms with Crippen molar-refractivity contribution in [2.45, 2.75) is 26.3 Å². The number of nitrogens with one attached hydrogen (secondary N) is 1. The largest absolute Gasteiger partial charge is 0.314 e. The lowest BCUT2D eigenvalue weighted by Crippen LogP contribution is -2.31. The summed E-state index contributed by atoms with van der Waals surface area (Å²) in [4.78, 5) is 22.2. The molecule has 1 N–H and O–H groups in total. The average Bonchev–Trinajstić information content (AvgIpc) is 2.63. The zero-order valence-electron chi connectivity index (χ0n) is 14.2. The summed E-state index contributed by atoms with van der Waals surface area (Å²) >= 11 is 0. The monoisotopic (exact) mass is 360 g/mol. The molecule has 0 fully saturated rings. The van der Waals surface area contributed by atoms with Gasteiger partial charge in [0.2, 0.25) is 15.9 Å². The second-order valence-corrected chi connectivity index (χ2v) is 8.02. The highest BCUT2D eigenvalue weighted by atomic mass is 32.2. The minimum Gasteiger partial charge on any atom is -0.314 e. The van der Waals surface area contributed by atoms with Gasteiger partial charge in [0, 0.05) is 44.4 Å². The number of aromatic nitrogens is 2. The number of hydrogen-bond donors (Lipinski definition) is 1. The van der Waals surface area contributed by atoms with E-state index in [1.807, 2.05) is 18.2 Å². The minimum absolute atomic E-state index is 0.0404. The lowest BCUT2D eigenvalue weighted by atomic mass is 10.0. The van der Waals surface area contributed by atoms with Crippen molar-refractivity contribution in [3.8, 4) is 11.3 Å². The zero-order chi connectivity index (χ0) is 18.0. The first-order valence-electron chi connectivity index (χ1n) is 8.07. The van der Waals surface area contributed by atoms with Gasteiger partial charge in [-0.15, -0.1) is 0 Å². The standard InChI is InChI=1S/C17H20N4O3S/c1-3-25(23,24)19-10-12-8-13(11-18-9-12)14-4-6-16-15(20-14)5-7-17(22)21(16)2/h4,6,8-9,11,19H,3,5,7,10H2,1-2H3. The van der Waals surface area contributed by atoms with Crippen LogP contribution in [0.3, 0.4) is 0 Å². The van der Waals surface area contributed by atoms with Crippen LogP contribution in [0.1, 0.15) is 24.6 Å². The smallest absolute Gasteiger partial charge is 0.227 e. The van der Waals surface area contributed by atoms with E-state index in [9.17, 15) is 13.2 Å². The zero-order valence-corrected chi connectivity index (χ0v) is 15.0. The Kier molecular flexibility index (Phi) is 4.82. The van der Waals surface area contributed by atoms with E-state index in [0.29, 0.717) is 12.8 Å². The van der Waals surface area contributed by atoms with E-state index in [1.54, 1.807) is 31.3 Å². The van der Waals surface area contributed by atoms with Crippen LogP contribution in [0, 0.1) is 0 Å². The Morgan fingerprint density at radius 1 is 1.24 bits per heavy atom. The number of carbonyl (C=O) groups is 1. The number of hydrogen-bond acceptors (Lipinski definition) is 5. The Morgan fingerprint density at radius 3 is 2.80 bits per heavy atom. The Balaban J connectivity index is 1.85. The van der Waals surface area contributed by atoms with E-state index in [4.69, 9.17) is 0 Å². The maximum atomic E-state index is 11.8. The molecular formula is C17H20N4O3S. The number of aryl methyl sites for hydroxylation is 1. The predicted molar refractivity (Wildman–Crippen MR) is 95.5 cm³/mol. The topological polar surface area (TPSA) is 92.3 Å². The summed E-state index contributed by atoms with van der Waals surface area (Å²) in [5.41, 5.74) is 4.06. The number of rotatable bonds is 5. The van der Waals surface area contributed by atoms with Gasteiger partial charge in [-0.05, 0) is 30.7 Å². The van der Waals surface area contributed by atoms with Crippen molar-refractivity contribution in [1.29, 1.82) is 0 Å². The molecule has 1 amide bonds. The number of carbonyl (C=O) groups excluding carboxylic acids is 1. The Hall–Kier alpha value is -2.32. The van der Waals surface area contributed by atoms with Crippen LogP contribution in [0.15, 0.2) is 30.6 Å². The third kappa shape index (κ3) is 3.85. The number of fused-ring (bicyclic) bond motifs is 1. The van der Waals surface area contributed by atoms with Gasteiger partial charge in [0.05, 0.1) is 22.8 Å². The molecule has 2 aromatic rings. The van der Waals surface area contributed by atoms with Crippen LogP contribution in [0.4, 0.5) is 5.69 Å². The number of sulfonamides is 1. The van der Waals surface area contributed by atoms with Gasteiger partial charge >= 0.3 is 0 Å². The maximum absolute atomic E-state index is 11.8. The molecule has 0 saturated carbocycles. The van der Waals surface area contributed by atoms with Gasteiger partial charge < -0.3 is 4.90 Å². The molecule has 3 heterocycles. The highest BCUT2D eigenvalue weighted by Gasteiger charge is 2.22. The molecule has 0 radical (unpaired) electrons. The van der Waals surface area contributed by atoms with Crippen molar-refractivity contribution in [2.75, 3.05) is 17.7 Å². The number of nitrogens with zero attached hydrogens (tertiary/aromatic N) is 3. The molecule has 0 spiro atoms. The summed E-state index contributed by atoms with van der Waals surface area (Å²) in [7, 11) is -1.50. The second kappa shape index (κ2) is 6.89. The van der Waals surface area contributed by atoms with Crippen LogP contribution in [0.25, 0.3) is 11.3 Å². The van der Waals surface area contributed by atoms with Crippen LogP contribution in [0.2, 0.25) is 0 Å². The van der Waals surface area contributed by atoms with Gasteiger partial charge in [-0.3, -0.25) is 14.8 Å². The molecule has 132 valence electrons. The summed E-state index contributed by atoms with van der Waals surface area (Å²) in [6.45, 7) is 1.79. The lowest BCUT2D eigenvalue weighted by molar-refractivity contribution is -0.118. The SMILES string of the molecule is CCS(=O)(=O)NCc1cncc(-c2ccc3c(n2)CCC(=O)N3C)c1. The van der Waals surface area contributed by atoms with E-state index >= 15 is 0 Å². The highest BCUT2D eigenvalue weighted by Crippen LogP contribution is 2.28. The molecule has 2 aromatic heterocycles. The summed E-state index contributed by atoms with van der Waals surface area (Å²) in [5.74, 6) is 0.132. The Bertz CT molecular complexity index is 912. The van der Waals surface area contributed by atoms with Gasteiger partial charge in [0.15, 0.2) is 0 Å². The number of pyridine rings is 2. The van der Waals surface area contributed by atoms with Gasteiger partial charge in [0.1, 0.15) is 0 Å². The molecule has 1 aliphatic rings. The summed E-state index contributed by atoms with van der Waals surface area (Å²) < 4.78 is 25.7. The fourth-order valence-corrected chi connectivity index (χ4v) is 3.28. The average molecular weight is 360 g/mol. The van der Waals surface area contributed by atoms with Crippen LogP contribution < -0.4 is 9.62 Å². The molecule has 1 aliphatic heterocycles. The molecule has 0 unspecified atom stereocenters. The molecule has 0 atom stereocenters. The lowest BCUT2D eigenvalue weighted by Gasteiger charge is -2.25. The molecule has 0 saturated heterocycles. The van der Waals surface area contributed by atoms with E-state index in [-0.39, 0.29) is 18.2 Å². The molecule has 25 heavy (non-hydrogen) atoms. The molecule has 8 heteroatoms. The molecule has 0 aromatic carbocycles. The van der Waals surface area contributed by atoms with Crippen molar-refractivity contribution in [3.05, 3.63) is 41.9 Å². The molecule has 7 nitrogen and oxygen atoms in total. The minimum atomic E-state index is -3.25. The first-order chi connectivity index (χ1) is 11.9. The fourth-order valence-electron chi connectivity index (χ4n) is 2.69. The van der Waals surface area contributed by atoms with Crippen LogP contribution in [-0.4, -0.2) is 37.1 Å². The van der Waals surface area contributed by atoms with Crippen molar-refractivity contribution in [1.82, 2.24) is 14.7 Å². The maximum Gasteiger partial charge on any atom is 0.227 e. The van der Waals surface area contributed by atoms with Crippen LogP contribution in [-0.2, 0) is 27.8 Å². The Labute approximate surface area is 147 Å². The van der Waals surface area contributed by atoms with Gasteiger partial charge in [-0.2, -0.15) is 0 Å². The number of amides is 1. The van der Waals surface area contributed by atoms with Crippen molar-refractivity contribution in [3.63, 3.8) is 0 Å². The van der Waals surface area contributed by atoms with Crippen molar-refractivity contribution < 1.29 is 13.2 Å². The quantitative estimate of drug-likeness (QED) is 0.872. The summed E-state index contributed by atoms with van der Waals surface area (Å²) in [6.07, 6.45) is 4.41. The first-order valence-corrected chi connectivity index (χ1v) is 9.73. The van der Waals surface area contributed by atoms with Gasteiger partial charge in [-0.1, -0.05) is 0 Å². The first kappa shape index (κ1) is 17.5. The van der Waals surface area contributed by atoms with Crippen LogP contribution in [0.5, 0.6) is 0 Å².